The Bertz CT molecular complexity index is 799. The van der Waals surface area contributed by atoms with E-state index in [-0.39, 0.29) is 24.3 Å². The van der Waals surface area contributed by atoms with Crippen molar-refractivity contribution in [3.05, 3.63) is 35.2 Å². The Morgan fingerprint density at radius 3 is 2.83 bits per heavy atom. The standard InChI is InChI=1S/C16H19N5O3/c1-9-4-11-12(7-24-13(11)5-10(9)2)15(23)19-16-18-8-21(20-16)6-14(22)17-3/h4-5,8,12H,6-7H2,1-3H3,(H,17,22)(H,19,20,23)/t12-/m1/s1. The van der Waals surface area contributed by atoms with Gasteiger partial charge in [0, 0.05) is 12.6 Å². The second-order valence-corrected chi connectivity index (χ2v) is 5.77. The van der Waals surface area contributed by atoms with E-state index in [1.807, 2.05) is 26.0 Å². The van der Waals surface area contributed by atoms with Crippen molar-refractivity contribution in [2.24, 2.45) is 0 Å². The summed E-state index contributed by atoms with van der Waals surface area (Å²) >= 11 is 0. The Balaban J connectivity index is 1.71. The largest absolute Gasteiger partial charge is 0.492 e. The number of benzene rings is 1. The molecule has 24 heavy (non-hydrogen) atoms. The number of nitrogens with one attached hydrogen (secondary N) is 2. The number of carbonyl (C=O) groups excluding carboxylic acids is 2. The quantitative estimate of drug-likeness (QED) is 0.863. The third-order valence-corrected chi connectivity index (χ3v) is 4.08. The van der Waals surface area contributed by atoms with Gasteiger partial charge in [0.1, 0.15) is 31.1 Å². The average Bonchev–Trinajstić information content (AvgIpc) is 3.14. The van der Waals surface area contributed by atoms with Crippen LogP contribution in [0.15, 0.2) is 18.5 Å². The predicted molar refractivity (Wildman–Crippen MR) is 86.9 cm³/mol. The zero-order valence-electron chi connectivity index (χ0n) is 13.8. The molecule has 8 heteroatoms. The predicted octanol–water partition coefficient (Wildman–Crippen LogP) is 0.756. The van der Waals surface area contributed by atoms with Crippen LogP contribution in [0.4, 0.5) is 5.95 Å². The van der Waals surface area contributed by atoms with Crippen LogP contribution in [-0.2, 0) is 16.1 Å². The van der Waals surface area contributed by atoms with Gasteiger partial charge in [-0.05, 0) is 31.0 Å². The average molecular weight is 329 g/mol. The number of ether oxygens (including phenoxy) is 1. The summed E-state index contributed by atoms with van der Waals surface area (Å²) in [6.07, 6.45) is 1.40. The number of anilines is 1. The molecule has 2 amide bonds. The van der Waals surface area contributed by atoms with Crippen LogP contribution in [0.3, 0.4) is 0 Å². The molecule has 3 rings (SSSR count). The molecule has 0 fully saturated rings. The molecule has 2 aromatic rings. The van der Waals surface area contributed by atoms with Gasteiger partial charge in [-0.1, -0.05) is 6.07 Å². The van der Waals surface area contributed by atoms with Crippen LogP contribution < -0.4 is 15.4 Å². The number of aromatic nitrogens is 3. The first kappa shape index (κ1) is 16.0. The molecule has 1 aromatic carbocycles. The van der Waals surface area contributed by atoms with E-state index in [9.17, 15) is 9.59 Å². The van der Waals surface area contributed by atoms with E-state index in [0.29, 0.717) is 6.61 Å². The zero-order chi connectivity index (χ0) is 17.3. The molecular weight excluding hydrogens is 310 g/mol. The number of amides is 2. The Labute approximate surface area is 139 Å². The maximum absolute atomic E-state index is 12.5. The summed E-state index contributed by atoms with van der Waals surface area (Å²) in [5.41, 5.74) is 3.12. The summed E-state index contributed by atoms with van der Waals surface area (Å²) in [6, 6.07) is 3.94. The Morgan fingerprint density at radius 1 is 1.33 bits per heavy atom. The van der Waals surface area contributed by atoms with E-state index in [1.54, 1.807) is 7.05 Å². The Kier molecular flexibility index (Phi) is 4.20. The fourth-order valence-corrected chi connectivity index (χ4v) is 2.54. The lowest BCUT2D eigenvalue weighted by Crippen LogP contribution is -2.24. The molecule has 0 radical (unpaired) electrons. The fraction of sp³-hybridized carbons (Fsp3) is 0.375. The molecule has 0 unspecified atom stereocenters. The summed E-state index contributed by atoms with van der Waals surface area (Å²) in [5, 5.41) is 9.24. The number of likely N-dealkylation sites (N-methyl/N-ethyl adjacent to an activating group) is 1. The van der Waals surface area contributed by atoms with Gasteiger partial charge in [0.15, 0.2) is 0 Å². The third kappa shape index (κ3) is 3.08. The van der Waals surface area contributed by atoms with Crippen molar-refractivity contribution in [1.29, 1.82) is 0 Å². The topological polar surface area (TPSA) is 98.1 Å². The number of carbonyl (C=O) groups is 2. The normalized spacial score (nSPS) is 15.5. The Morgan fingerprint density at radius 2 is 2.08 bits per heavy atom. The van der Waals surface area contributed by atoms with Crippen LogP contribution in [0.5, 0.6) is 5.75 Å². The second-order valence-electron chi connectivity index (χ2n) is 5.77. The lowest BCUT2D eigenvalue weighted by molar-refractivity contribution is -0.121. The molecule has 1 aliphatic rings. The van der Waals surface area contributed by atoms with Crippen molar-refractivity contribution in [2.75, 3.05) is 19.0 Å². The number of rotatable bonds is 4. The minimum atomic E-state index is -0.398. The van der Waals surface area contributed by atoms with Gasteiger partial charge in [-0.25, -0.2) is 9.67 Å². The molecule has 0 spiro atoms. The Hall–Kier alpha value is -2.90. The van der Waals surface area contributed by atoms with Gasteiger partial charge >= 0.3 is 0 Å². The fourth-order valence-electron chi connectivity index (χ4n) is 2.54. The second kappa shape index (κ2) is 6.31. The van der Waals surface area contributed by atoms with Gasteiger partial charge in [0.25, 0.3) is 0 Å². The van der Waals surface area contributed by atoms with E-state index < -0.39 is 5.92 Å². The molecule has 0 saturated heterocycles. The van der Waals surface area contributed by atoms with E-state index >= 15 is 0 Å². The molecule has 0 aliphatic carbocycles. The maximum atomic E-state index is 12.5. The molecule has 2 N–H and O–H groups in total. The first-order valence-corrected chi connectivity index (χ1v) is 7.62. The van der Waals surface area contributed by atoms with Crippen molar-refractivity contribution in [3.8, 4) is 5.75 Å². The summed E-state index contributed by atoms with van der Waals surface area (Å²) in [5.74, 6) is 0.0965. The molecule has 1 aromatic heterocycles. The summed E-state index contributed by atoms with van der Waals surface area (Å²) in [6.45, 7) is 4.36. The van der Waals surface area contributed by atoms with Gasteiger partial charge in [-0.3, -0.25) is 14.9 Å². The lowest BCUT2D eigenvalue weighted by Gasteiger charge is -2.09. The molecule has 1 atom stereocenters. The summed E-state index contributed by atoms with van der Waals surface area (Å²) < 4.78 is 6.98. The van der Waals surface area contributed by atoms with Crippen LogP contribution in [0.2, 0.25) is 0 Å². The van der Waals surface area contributed by atoms with Crippen LogP contribution in [-0.4, -0.2) is 40.2 Å². The number of hydrogen-bond donors (Lipinski definition) is 2. The highest BCUT2D eigenvalue weighted by Crippen LogP contribution is 2.36. The van der Waals surface area contributed by atoms with Crippen molar-refractivity contribution >= 4 is 17.8 Å². The molecule has 8 nitrogen and oxygen atoms in total. The first-order chi connectivity index (χ1) is 11.5. The third-order valence-electron chi connectivity index (χ3n) is 4.08. The molecule has 1 aliphatic heterocycles. The van der Waals surface area contributed by atoms with Crippen LogP contribution in [0, 0.1) is 13.8 Å². The van der Waals surface area contributed by atoms with Crippen molar-refractivity contribution in [2.45, 2.75) is 26.3 Å². The monoisotopic (exact) mass is 329 g/mol. The van der Waals surface area contributed by atoms with Crippen LogP contribution in [0.1, 0.15) is 22.6 Å². The van der Waals surface area contributed by atoms with E-state index in [4.69, 9.17) is 4.74 Å². The first-order valence-electron chi connectivity index (χ1n) is 7.62. The summed E-state index contributed by atoms with van der Waals surface area (Å²) in [7, 11) is 1.54. The maximum Gasteiger partial charge on any atom is 0.248 e. The number of hydrogen-bond acceptors (Lipinski definition) is 5. The highest BCUT2D eigenvalue weighted by molar-refractivity contribution is 5.95. The molecule has 2 heterocycles. The summed E-state index contributed by atoms with van der Waals surface area (Å²) in [4.78, 5) is 27.8. The molecule has 126 valence electrons. The van der Waals surface area contributed by atoms with Gasteiger partial charge < -0.3 is 10.1 Å². The number of fused-ring (bicyclic) bond motifs is 1. The van der Waals surface area contributed by atoms with E-state index in [2.05, 4.69) is 20.7 Å². The van der Waals surface area contributed by atoms with Crippen molar-refractivity contribution < 1.29 is 14.3 Å². The van der Waals surface area contributed by atoms with Gasteiger partial charge in [-0.15, -0.1) is 5.10 Å². The van der Waals surface area contributed by atoms with Crippen molar-refractivity contribution in [1.82, 2.24) is 20.1 Å². The van der Waals surface area contributed by atoms with Crippen molar-refractivity contribution in [3.63, 3.8) is 0 Å². The highest BCUT2D eigenvalue weighted by Gasteiger charge is 2.31. The minimum absolute atomic E-state index is 0.0488. The molecule has 0 saturated carbocycles. The van der Waals surface area contributed by atoms with E-state index in [1.165, 1.54) is 11.0 Å². The lowest BCUT2D eigenvalue weighted by atomic mass is 9.96. The number of nitrogens with zero attached hydrogens (tertiary/aromatic N) is 3. The highest BCUT2D eigenvalue weighted by atomic mass is 16.5. The molecular formula is C16H19N5O3. The van der Waals surface area contributed by atoms with E-state index in [0.717, 1.165) is 22.4 Å². The zero-order valence-corrected chi connectivity index (χ0v) is 13.8. The molecule has 0 bridgehead atoms. The van der Waals surface area contributed by atoms with Crippen LogP contribution >= 0.6 is 0 Å². The van der Waals surface area contributed by atoms with Gasteiger partial charge in [-0.2, -0.15) is 0 Å². The minimum Gasteiger partial charge on any atom is -0.492 e. The number of aryl methyl sites for hydroxylation is 2. The SMILES string of the molecule is CNC(=O)Cn1cnc(NC(=O)[C@@H]2COc3cc(C)c(C)cc32)n1. The van der Waals surface area contributed by atoms with Gasteiger partial charge in [0.2, 0.25) is 17.8 Å². The van der Waals surface area contributed by atoms with Crippen LogP contribution in [0.25, 0.3) is 0 Å². The van der Waals surface area contributed by atoms with Gasteiger partial charge in [0.05, 0.1) is 0 Å². The smallest absolute Gasteiger partial charge is 0.248 e.